The minimum atomic E-state index is -0.540. The molecule has 1 N–H and O–H groups in total. The molecule has 2 aromatic rings. The molecule has 0 saturated heterocycles. The fraction of sp³-hybridized carbons (Fsp3) is 0.440. The maximum absolute atomic E-state index is 13.4. The molecule has 0 aliphatic heterocycles. The molecule has 2 aromatic carbocycles. The Kier molecular flexibility index (Phi) is 9.60. The summed E-state index contributed by atoms with van der Waals surface area (Å²) in [4.78, 5) is 28.0. The molecule has 0 spiro atoms. The van der Waals surface area contributed by atoms with Gasteiger partial charge in [-0.25, -0.2) is 4.39 Å². The molecular formula is C25H30BrFN2O2S. The highest BCUT2D eigenvalue weighted by Crippen LogP contribution is 2.21. The standard InChI is InChI=1S/C25H30BrFN2O2S/c1-2-23(25(31)28-22-5-3-4-6-22)29(15-18-9-13-21(27)14-10-18)24(30)17-32-16-19-7-11-20(26)12-8-19/h7-14,22-23H,2-6,15-17H2,1H3,(H,28,31)/t23-/m1/s1. The number of nitrogens with one attached hydrogen (secondary N) is 1. The van der Waals surface area contributed by atoms with Gasteiger partial charge in [-0.15, -0.1) is 11.8 Å². The Hall–Kier alpha value is -1.86. The number of benzene rings is 2. The first kappa shape index (κ1) is 24.8. The van der Waals surface area contributed by atoms with Crippen LogP contribution in [0.25, 0.3) is 0 Å². The van der Waals surface area contributed by atoms with E-state index in [9.17, 15) is 14.0 Å². The Balaban J connectivity index is 1.68. The number of thioether (sulfide) groups is 1. The second-order valence-electron chi connectivity index (χ2n) is 8.18. The topological polar surface area (TPSA) is 49.4 Å². The SMILES string of the molecule is CC[C@H](C(=O)NC1CCCC1)N(Cc1ccc(F)cc1)C(=O)CSCc1ccc(Br)cc1. The van der Waals surface area contributed by atoms with Crippen LogP contribution in [-0.2, 0) is 21.9 Å². The Morgan fingerprint density at radius 2 is 1.72 bits per heavy atom. The van der Waals surface area contributed by atoms with Crippen molar-refractivity contribution in [3.05, 3.63) is 69.9 Å². The molecule has 1 aliphatic rings. The van der Waals surface area contributed by atoms with Crippen molar-refractivity contribution in [3.8, 4) is 0 Å². The van der Waals surface area contributed by atoms with Crippen LogP contribution in [0, 0.1) is 5.82 Å². The van der Waals surface area contributed by atoms with Crippen molar-refractivity contribution in [2.24, 2.45) is 0 Å². The molecule has 4 nitrogen and oxygen atoms in total. The van der Waals surface area contributed by atoms with E-state index in [4.69, 9.17) is 0 Å². The maximum atomic E-state index is 13.4. The van der Waals surface area contributed by atoms with Gasteiger partial charge in [0.1, 0.15) is 11.9 Å². The lowest BCUT2D eigenvalue weighted by molar-refractivity contribution is -0.139. The van der Waals surface area contributed by atoms with Crippen molar-refractivity contribution >= 4 is 39.5 Å². The summed E-state index contributed by atoms with van der Waals surface area (Å²) in [7, 11) is 0. The number of carbonyl (C=O) groups is 2. The first-order valence-corrected chi connectivity index (χ1v) is 13.1. The highest BCUT2D eigenvalue weighted by molar-refractivity contribution is 9.10. The van der Waals surface area contributed by atoms with E-state index in [1.54, 1.807) is 17.0 Å². The lowest BCUT2D eigenvalue weighted by atomic mass is 10.1. The minimum absolute atomic E-state index is 0.0788. The average Bonchev–Trinajstić information content (AvgIpc) is 3.29. The molecule has 0 bridgehead atoms. The van der Waals surface area contributed by atoms with Crippen LogP contribution in [0.4, 0.5) is 4.39 Å². The summed E-state index contributed by atoms with van der Waals surface area (Å²) in [6.07, 6.45) is 4.79. The van der Waals surface area contributed by atoms with Gasteiger partial charge in [0.25, 0.3) is 0 Å². The summed E-state index contributed by atoms with van der Waals surface area (Å²) in [6.45, 7) is 2.22. The van der Waals surface area contributed by atoms with Crippen molar-refractivity contribution < 1.29 is 14.0 Å². The molecule has 3 rings (SSSR count). The normalized spacial score (nSPS) is 14.8. The third-order valence-electron chi connectivity index (χ3n) is 5.76. The fourth-order valence-electron chi connectivity index (χ4n) is 3.99. The molecule has 1 saturated carbocycles. The number of nitrogens with zero attached hydrogens (tertiary/aromatic N) is 1. The number of halogens is 2. The van der Waals surface area contributed by atoms with E-state index in [1.165, 1.54) is 23.9 Å². The third kappa shape index (κ3) is 7.34. The summed E-state index contributed by atoms with van der Waals surface area (Å²) >= 11 is 4.97. The Labute approximate surface area is 202 Å². The van der Waals surface area contributed by atoms with E-state index in [1.807, 2.05) is 31.2 Å². The van der Waals surface area contributed by atoms with Crippen LogP contribution < -0.4 is 5.32 Å². The van der Waals surface area contributed by atoms with Crippen molar-refractivity contribution in [1.29, 1.82) is 0 Å². The van der Waals surface area contributed by atoms with Crippen molar-refractivity contribution in [3.63, 3.8) is 0 Å². The minimum Gasteiger partial charge on any atom is -0.352 e. The largest absolute Gasteiger partial charge is 0.352 e. The second kappa shape index (κ2) is 12.4. The lowest BCUT2D eigenvalue weighted by Gasteiger charge is -2.31. The summed E-state index contributed by atoms with van der Waals surface area (Å²) in [5, 5.41) is 3.14. The van der Waals surface area contributed by atoms with Gasteiger partial charge in [0.05, 0.1) is 5.75 Å². The van der Waals surface area contributed by atoms with E-state index < -0.39 is 6.04 Å². The monoisotopic (exact) mass is 520 g/mol. The first-order chi connectivity index (χ1) is 15.5. The summed E-state index contributed by atoms with van der Waals surface area (Å²) in [6, 6.07) is 13.8. The molecule has 2 amide bonds. The molecule has 1 aliphatic carbocycles. The lowest BCUT2D eigenvalue weighted by Crippen LogP contribution is -2.51. The molecule has 7 heteroatoms. The molecule has 0 aromatic heterocycles. The first-order valence-electron chi connectivity index (χ1n) is 11.1. The van der Waals surface area contributed by atoms with Crippen LogP contribution in [0.2, 0.25) is 0 Å². The Morgan fingerprint density at radius 1 is 1.09 bits per heavy atom. The Morgan fingerprint density at radius 3 is 2.34 bits per heavy atom. The molecule has 1 fully saturated rings. The zero-order valence-electron chi connectivity index (χ0n) is 18.4. The second-order valence-corrected chi connectivity index (χ2v) is 10.1. The van der Waals surface area contributed by atoms with Crippen molar-refractivity contribution in [2.45, 2.75) is 63.4 Å². The number of hydrogen-bond donors (Lipinski definition) is 1. The number of rotatable bonds is 10. The van der Waals surface area contributed by atoms with E-state index in [-0.39, 0.29) is 36.0 Å². The smallest absolute Gasteiger partial charge is 0.243 e. The quantitative estimate of drug-likeness (QED) is 0.437. The zero-order chi connectivity index (χ0) is 22.9. The number of carbonyl (C=O) groups excluding carboxylic acids is 2. The summed E-state index contributed by atoms with van der Waals surface area (Å²) in [5.41, 5.74) is 1.95. The van der Waals surface area contributed by atoms with Gasteiger partial charge < -0.3 is 10.2 Å². The summed E-state index contributed by atoms with van der Waals surface area (Å²) in [5.74, 6) is 0.513. The highest BCUT2D eigenvalue weighted by atomic mass is 79.9. The Bertz CT molecular complexity index is 886. The van der Waals surface area contributed by atoms with Crippen LogP contribution in [0.3, 0.4) is 0 Å². The number of amides is 2. The predicted molar refractivity (Wildman–Crippen MR) is 132 cm³/mol. The highest BCUT2D eigenvalue weighted by Gasteiger charge is 2.30. The van der Waals surface area contributed by atoms with Crippen LogP contribution in [0.15, 0.2) is 53.0 Å². The molecular weight excluding hydrogens is 491 g/mol. The van der Waals surface area contributed by atoms with Gasteiger partial charge in [-0.2, -0.15) is 0 Å². The van der Waals surface area contributed by atoms with Crippen LogP contribution >= 0.6 is 27.7 Å². The van der Waals surface area contributed by atoms with Crippen molar-refractivity contribution in [2.75, 3.05) is 5.75 Å². The molecule has 0 heterocycles. The molecule has 0 unspecified atom stereocenters. The van der Waals surface area contributed by atoms with E-state index in [0.717, 1.165) is 41.3 Å². The van der Waals surface area contributed by atoms with Crippen LogP contribution in [-0.4, -0.2) is 34.6 Å². The molecule has 1 atom stereocenters. The van der Waals surface area contributed by atoms with Gasteiger partial charge in [-0.05, 0) is 54.7 Å². The van der Waals surface area contributed by atoms with Crippen LogP contribution in [0.1, 0.15) is 50.2 Å². The van der Waals surface area contributed by atoms with Crippen molar-refractivity contribution in [1.82, 2.24) is 10.2 Å². The third-order valence-corrected chi connectivity index (χ3v) is 7.28. The predicted octanol–water partition coefficient (Wildman–Crippen LogP) is 5.69. The van der Waals surface area contributed by atoms with E-state index in [0.29, 0.717) is 12.2 Å². The van der Waals surface area contributed by atoms with Gasteiger partial charge in [0, 0.05) is 22.8 Å². The average molecular weight is 521 g/mol. The van der Waals surface area contributed by atoms with Gasteiger partial charge in [-0.1, -0.05) is 60.0 Å². The molecule has 32 heavy (non-hydrogen) atoms. The van der Waals surface area contributed by atoms with Gasteiger partial charge in [0.2, 0.25) is 11.8 Å². The molecule has 0 radical (unpaired) electrons. The van der Waals surface area contributed by atoms with Gasteiger partial charge in [-0.3, -0.25) is 9.59 Å². The molecule has 172 valence electrons. The fourth-order valence-corrected chi connectivity index (χ4v) is 5.13. The summed E-state index contributed by atoms with van der Waals surface area (Å²) < 4.78 is 14.4. The van der Waals surface area contributed by atoms with Gasteiger partial charge >= 0.3 is 0 Å². The van der Waals surface area contributed by atoms with E-state index >= 15 is 0 Å². The van der Waals surface area contributed by atoms with Crippen LogP contribution in [0.5, 0.6) is 0 Å². The zero-order valence-corrected chi connectivity index (χ0v) is 20.8. The van der Waals surface area contributed by atoms with Gasteiger partial charge in [0.15, 0.2) is 0 Å². The van der Waals surface area contributed by atoms with E-state index in [2.05, 4.69) is 21.2 Å². The maximum Gasteiger partial charge on any atom is 0.243 e. The number of hydrogen-bond acceptors (Lipinski definition) is 3.